The second-order valence-corrected chi connectivity index (χ2v) is 6.41. The molecule has 0 saturated carbocycles. The van der Waals surface area contributed by atoms with Crippen LogP contribution in [-0.2, 0) is 4.79 Å². The van der Waals surface area contributed by atoms with Crippen molar-refractivity contribution in [2.75, 3.05) is 31.1 Å². The Hall–Kier alpha value is -0.220. The second kappa shape index (κ2) is 4.96. The van der Waals surface area contributed by atoms with Crippen LogP contribution in [-0.4, -0.2) is 48.0 Å². The molecule has 2 aliphatic heterocycles. The van der Waals surface area contributed by atoms with Gasteiger partial charge in [-0.2, -0.15) is 11.8 Å². The molecule has 0 aromatic rings. The monoisotopic (exact) mass is 242 g/mol. The Morgan fingerprint density at radius 3 is 3.00 bits per heavy atom. The number of hydrogen-bond donors (Lipinski definition) is 1. The van der Waals surface area contributed by atoms with Crippen molar-refractivity contribution in [3.63, 3.8) is 0 Å². The Morgan fingerprint density at radius 1 is 1.56 bits per heavy atom. The summed E-state index contributed by atoms with van der Waals surface area (Å²) < 4.78 is 0. The van der Waals surface area contributed by atoms with Crippen LogP contribution in [0.2, 0.25) is 0 Å². The molecule has 0 aromatic heterocycles. The number of rotatable bonds is 1. The molecule has 2 atom stereocenters. The lowest BCUT2D eigenvalue weighted by Gasteiger charge is -2.41. The van der Waals surface area contributed by atoms with Crippen LogP contribution in [0.25, 0.3) is 0 Å². The Morgan fingerprint density at radius 2 is 2.38 bits per heavy atom. The summed E-state index contributed by atoms with van der Waals surface area (Å²) in [5.41, 5.74) is -0.158. The molecule has 0 spiro atoms. The second-order valence-electron chi connectivity index (χ2n) is 5.26. The molecule has 2 rings (SSSR count). The van der Waals surface area contributed by atoms with Gasteiger partial charge in [-0.15, -0.1) is 0 Å². The number of nitrogens with one attached hydrogen (secondary N) is 1. The van der Waals surface area contributed by atoms with E-state index in [0.29, 0.717) is 11.9 Å². The minimum atomic E-state index is -0.158. The number of carbonyl (C=O) groups is 1. The maximum atomic E-state index is 12.6. The van der Waals surface area contributed by atoms with E-state index in [9.17, 15) is 4.79 Å². The normalized spacial score (nSPS) is 36.1. The van der Waals surface area contributed by atoms with Gasteiger partial charge in [-0.25, -0.2) is 0 Å². The zero-order valence-electron chi connectivity index (χ0n) is 10.3. The van der Waals surface area contributed by atoms with Gasteiger partial charge in [0.15, 0.2) is 0 Å². The molecule has 2 saturated heterocycles. The van der Waals surface area contributed by atoms with E-state index in [4.69, 9.17) is 0 Å². The number of thioether (sulfide) groups is 1. The molecule has 4 heteroatoms. The SMILES string of the molecule is CC1CSCCN1C(=O)C1(C)CCCNC1. The van der Waals surface area contributed by atoms with Crippen molar-refractivity contribution in [1.82, 2.24) is 10.2 Å². The lowest BCUT2D eigenvalue weighted by Crippen LogP contribution is -2.54. The maximum Gasteiger partial charge on any atom is 0.230 e. The first-order valence-electron chi connectivity index (χ1n) is 6.23. The van der Waals surface area contributed by atoms with Crippen LogP contribution in [0.5, 0.6) is 0 Å². The average molecular weight is 242 g/mol. The lowest BCUT2D eigenvalue weighted by molar-refractivity contribution is -0.143. The van der Waals surface area contributed by atoms with Gasteiger partial charge in [-0.3, -0.25) is 4.79 Å². The molecule has 0 radical (unpaired) electrons. The number of piperidine rings is 1. The van der Waals surface area contributed by atoms with E-state index in [0.717, 1.165) is 44.0 Å². The van der Waals surface area contributed by atoms with Crippen molar-refractivity contribution in [2.24, 2.45) is 5.41 Å². The Labute approximate surface area is 102 Å². The third-order valence-electron chi connectivity index (χ3n) is 3.74. The van der Waals surface area contributed by atoms with Gasteiger partial charge in [0.05, 0.1) is 5.41 Å². The highest BCUT2D eigenvalue weighted by Crippen LogP contribution is 2.30. The van der Waals surface area contributed by atoms with Crippen molar-refractivity contribution in [3.8, 4) is 0 Å². The zero-order valence-corrected chi connectivity index (χ0v) is 11.1. The number of nitrogens with zero attached hydrogens (tertiary/aromatic N) is 1. The van der Waals surface area contributed by atoms with E-state index < -0.39 is 0 Å². The average Bonchev–Trinajstić information content (AvgIpc) is 2.30. The summed E-state index contributed by atoms with van der Waals surface area (Å²) >= 11 is 1.96. The van der Waals surface area contributed by atoms with Crippen molar-refractivity contribution < 1.29 is 4.79 Å². The van der Waals surface area contributed by atoms with Gasteiger partial charge in [-0.05, 0) is 33.2 Å². The van der Waals surface area contributed by atoms with Crippen LogP contribution in [0.4, 0.5) is 0 Å². The molecule has 16 heavy (non-hydrogen) atoms. The van der Waals surface area contributed by atoms with Crippen molar-refractivity contribution in [2.45, 2.75) is 32.7 Å². The van der Waals surface area contributed by atoms with Crippen molar-refractivity contribution >= 4 is 17.7 Å². The van der Waals surface area contributed by atoms with Crippen LogP contribution in [0.15, 0.2) is 0 Å². The Bertz CT molecular complexity index is 264. The van der Waals surface area contributed by atoms with Gasteiger partial charge in [-0.1, -0.05) is 0 Å². The summed E-state index contributed by atoms with van der Waals surface area (Å²) in [7, 11) is 0. The largest absolute Gasteiger partial charge is 0.338 e. The molecule has 1 N–H and O–H groups in total. The number of carbonyl (C=O) groups excluding carboxylic acids is 1. The summed E-state index contributed by atoms with van der Waals surface area (Å²) in [6.45, 7) is 7.14. The quantitative estimate of drug-likeness (QED) is 0.753. The Kier molecular flexibility index (Phi) is 3.80. The highest BCUT2D eigenvalue weighted by atomic mass is 32.2. The molecule has 0 aromatic carbocycles. The van der Waals surface area contributed by atoms with E-state index in [1.54, 1.807) is 0 Å². The minimum Gasteiger partial charge on any atom is -0.338 e. The molecule has 2 fully saturated rings. The van der Waals surface area contributed by atoms with Gasteiger partial charge in [0, 0.05) is 30.6 Å². The first-order valence-corrected chi connectivity index (χ1v) is 7.38. The van der Waals surface area contributed by atoms with E-state index in [-0.39, 0.29) is 5.41 Å². The van der Waals surface area contributed by atoms with Gasteiger partial charge >= 0.3 is 0 Å². The zero-order chi connectivity index (χ0) is 11.6. The molecule has 1 amide bonds. The molecule has 2 aliphatic rings. The number of amides is 1. The highest BCUT2D eigenvalue weighted by molar-refractivity contribution is 7.99. The predicted molar refractivity (Wildman–Crippen MR) is 68.7 cm³/mol. The van der Waals surface area contributed by atoms with Crippen LogP contribution in [0.3, 0.4) is 0 Å². The van der Waals surface area contributed by atoms with Gasteiger partial charge in [0.25, 0.3) is 0 Å². The van der Waals surface area contributed by atoms with E-state index in [1.165, 1.54) is 0 Å². The Balaban J connectivity index is 2.04. The van der Waals surface area contributed by atoms with Crippen LogP contribution in [0, 0.1) is 5.41 Å². The van der Waals surface area contributed by atoms with Gasteiger partial charge in [0.2, 0.25) is 5.91 Å². The molecule has 2 heterocycles. The summed E-state index contributed by atoms with van der Waals surface area (Å²) in [6, 6.07) is 0.407. The first kappa shape index (κ1) is 12.2. The van der Waals surface area contributed by atoms with E-state index >= 15 is 0 Å². The highest BCUT2D eigenvalue weighted by Gasteiger charge is 2.39. The summed E-state index contributed by atoms with van der Waals surface area (Å²) in [4.78, 5) is 14.7. The molecule has 2 unspecified atom stereocenters. The first-order chi connectivity index (χ1) is 7.63. The third-order valence-corrected chi connectivity index (χ3v) is 4.93. The fourth-order valence-corrected chi connectivity index (χ4v) is 3.63. The fraction of sp³-hybridized carbons (Fsp3) is 0.917. The van der Waals surface area contributed by atoms with Crippen molar-refractivity contribution in [3.05, 3.63) is 0 Å². The summed E-state index contributed by atoms with van der Waals surface area (Å²) in [5.74, 6) is 2.56. The standard InChI is InChI=1S/C12H22N2OS/c1-10-8-16-7-6-14(10)11(15)12(2)4-3-5-13-9-12/h10,13H,3-9H2,1-2H3. The molecule has 0 aliphatic carbocycles. The molecular weight excluding hydrogens is 220 g/mol. The molecule has 0 bridgehead atoms. The predicted octanol–water partition coefficient (Wildman–Crippen LogP) is 1.34. The lowest BCUT2D eigenvalue weighted by atomic mass is 9.81. The molecular formula is C12H22N2OS. The molecule has 3 nitrogen and oxygen atoms in total. The summed E-state index contributed by atoms with van der Waals surface area (Å²) in [5, 5.41) is 3.36. The van der Waals surface area contributed by atoms with E-state index in [1.807, 2.05) is 11.8 Å². The van der Waals surface area contributed by atoms with E-state index in [2.05, 4.69) is 24.1 Å². The number of hydrogen-bond acceptors (Lipinski definition) is 3. The van der Waals surface area contributed by atoms with Crippen molar-refractivity contribution in [1.29, 1.82) is 0 Å². The topological polar surface area (TPSA) is 32.3 Å². The van der Waals surface area contributed by atoms with Gasteiger partial charge in [0.1, 0.15) is 0 Å². The third kappa shape index (κ3) is 2.38. The van der Waals surface area contributed by atoms with Crippen LogP contribution >= 0.6 is 11.8 Å². The smallest absolute Gasteiger partial charge is 0.230 e. The molecule has 92 valence electrons. The fourth-order valence-electron chi connectivity index (χ4n) is 2.61. The summed E-state index contributed by atoms with van der Waals surface area (Å²) in [6.07, 6.45) is 2.16. The maximum absolute atomic E-state index is 12.6. The van der Waals surface area contributed by atoms with Crippen LogP contribution < -0.4 is 5.32 Å². The minimum absolute atomic E-state index is 0.158. The van der Waals surface area contributed by atoms with Gasteiger partial charge < -0.3 is 10.2 Å². The van der Waals surface area contributed by atoms with Crippen LogP contribution in [0.1, 0.15) is 26.7 Å².